The Hall–Kier alpha value is -2.82. The van der Waals surface area contributed by atoms with Crippen molar-refractivity contribution in [3.8, 4) is 0 Å². The largest absolute Gasteiger partial charge is 0.369 e. The second-order valence-electron chi connectivity index (χ2n) is 6.55. The van der Waals surface area contributed by atoms with Gasteiger partial charge in [0.25, 0.3) is 5.91 Å². The van der Waals surface area contributed by atoms with Crippen LogP contribution in [0.3, 0.4) is 0 Å². The maximum absolute atomic E-state index is 13.7. The minimum atomic E-state index is -1.21. The van der Waals surface area contributed by atoms with Crippen molar-refractivity contribution in [1.29, 1.82) is 0 Å². The summed E-state index contributed by atoms with van der Waals surface area (Å²) in [5.74, 6) is -0.0303. The van der Waals surface area contributed by atoms with Gasteiger partial charge in [-0.1, -0.05) is 89.9 Å². The van der Waals surface area contributed by atoms with Gasteiger partial charge in [-0.3, -0.25) is 9.69 Å². The van der Waals surface area contributed by atoms with Gasteiger partial charge in [0.15, 0.2) is 11.5 Å². The normalized spacial score (nSPS) is 15.6. The number of carbonyl (C=O) groups is 1. The lowest BCUT2D eigenvalue weighted by Crippen LogP contribution is -2.43. The molecule has 0 atom stereocenters. The van der Waals surface area contributed by atoms with Gasteiger partial charge in [-0.25, -0.2) is 4.99 Å². The highest BCUT2D eigenvalue weighted by Gasteiger charge is 2.50. The summed E-state index contributed by atoms with van der Waals surface area (Å²) in [5, 5.41) is 0.890. The molecule has 0 bridgehead atoms. The number of amides is 1. The fourth-order valence-electron chi connectivity index (χ4n) is 3.45. The zero-order chi connectivity index (χ0) is 19.7. The minimum Gasteiger partial charge on any atom is -0.369 e. The summed E-state index contributed by atoms with van der Waals surface area (Å²) in [7, 11) is 0. The Morgan fingerprint density at radius 2 is 1.43 bits per heavy atom. The highest BCUT2D eigenvalue weighted by Crippen LogP contribution is 2.40. The number of nitrogens with zero attached hydrogens (tertiary/aromatic N) is 2. The molecule has 28 heavy (non-hydrogen) atoms. The molecule has 0 aliphatic carbocycles. The highest BCUT2D eigenvalue weighted by molar-refractivity contribution is 6.42. The van der Waals surface area contributed by atoms with E-state index in [1.54, 1.807) is 12.1 Å². The van der Waals surface area contributed by atoms with Crippen molar-refractivity contribution < 1.29 is 4.79 Å². The first-order chi connectivity index (χ1) is 13.5. The van der Waals surface area contributed by atoms with E-state index in [0.29, 0.717) is 10.0 Å². The Morgan fingerprint density at radius 1 is 0.857 bits per heavy atom. The van der Waals surface area contributed by atoms with E-state index in [1.165, 1.54) is 4.90 Å². The van der Waals surface area contributed by atoms with E-state index in [9.17, 15) is 4.79 Å². The number of nitrogens with two attached hydrogens (primary N) is 1. The highest BCUT2D eigenvalue weighted by atomic mass is 35.5. The second-order valence-corrected chi connectivity index (χ2v) is 7.37. The third-order valence-corrected chi connectivity index (χ3v) is 5.56. The van der Waals surface area contributed by atoms with E-state index >= 15 is 0 Å². The smallest absolute Gasteiger partial charge is 0.266 e. The number of rotatable bonds is 4. The lowest BCUT2D eigenvalue weighted by molar-refractivity contribution is -0.130. The summed E-state index contributed by atoms with van der Waals surface area (Å²) in [6.45, 7) is 0.256. The van der Waals surface area contributed by atoms with Crippen molar-refractivity contribution in [2.45, 2.75) is 12.1 Å². The molecule has 0 saturated heterocycles. The molecule has 0 spiro atoms. The van der Waals surface area contributed by atoms with Crippen molar-refractivity contribution in [2.75, 3.05) is 0 Å². The monoisotopic (exact) mass is 409 g/mol. The molecule has 1 aliphatic heterocycles. The SMILES string of the molecule is NC1=NC(c2ccccc2)(c2ccccc2)C(=O)N1Cc1ccc(Cl)c(Cl)c1. The fourth-order valence-corrected chi connectivity index (χ4v) is 3.77. The quantitative estimate of drug-likeness (QED) is 0.684. The molecule has 1 aliphatic rings. The van der Waals surface area contributed by atoms with Crippen LogP contribution in [0, 0.1) is 0 Å². The maximum atomic E-state index is 13.7. The Morgan fingerprint density at radius 3 is 1.96 bits per heavy atom. The molecule has 3 aromatic carbocycles. The molecule has 0 radical (unpaired) electrons. The van der Waals surface area contributed by atoms with E-state index in [2.05, 4.69) is 4.99 Å². The van der Waals surface area contributed by atoms with Crippen molar-refractivity contribution in [2.24, 2.45) is 10.7 Å². The Balaban J connectivity index is 1.79. The Bertz CT molecular complexity index is 1010. The molecule has 0 unspecified atom stereocenters. The fraction of sp³-hybridized carbons (Fsp3) is 0.0909. The average molecular weight is 410 g/mol. The number of halogens is 2. The topological polar surface area (TPSA) is 58.7 Å². The maximum Gasteiger partial charge on any atom is 0.266 e. The first kappa shape index (κ1) is 18.5. The van der Waals surface area contributed by atoms with Crippen LogP contribution in [0.4, 0.5) is 0 Å². The van der Waals surface area contributed by atoms with E-state index in [0.717, 1.165) is 16.7 Å². The van der Waals surface area contributed by atoms with Gasteiger partial charge in [-0.05, 0) is 28.8 Å². The number of hydrogen-bond donors (Lipinski definition) is 1. The molecule has 2 N–H and O–H groups in total. The molecular formula is C22H17Cl2N3O. The summed E-state index contributed by atoms with van der Waals surface area (Å²) in [6, 6.07) is 24.2. The Kier molecular flexibility index (Phi) is 4.84. The molecule has 3 aromatic rings. The lowest BCUT2D eigenvalue weighted by Gasteiger charge is -2.27. The lowest BCUT2D eigenvalue weighted by atomic mass is 9.83. The molecule has 6 heteroatoms. The number of carbonyl (C=O) groups excluding carboxylic acids is 1. The minimum absolute atomic E-state index is 0.170. The molecule has 1 amide bonds. The molecule has 4 nitrogen and oxygen atoms in total. The van der Waals surface area contributed by atoms with Gasteiger partial charge < -0.3 is 5.73 Å². The van der Waals surface area contributed by atoms with Crippen molar-refractivity contribution in [3.05, 3.63) is 106 Å². The zero-order valence-electron chi connectivity index (χ0n) is 14.8. The standard InChI is InChI=1S/C22H17Cl2N3O/c23-18-12-11-15(13-19(18)24)14-27-20(28)22(26-21(27)25,16-7-3-1-4-8-16)17-9-5-2-6-10-17/h1-13H,14H2,(H2,25,26). The van der Waals surface area contributed by atoms with Crippen LogP contribution in [0.5, 0.6) is 0 Å². The molecular weight excluding hydrogens is 393 g/mol. The predicted molar refractivity (Wildman–Crippen MR) is 112 cm³/mol. The predicted octanol–water partition coefficient (Wildman–Crippen LogP) is 4.59. The first-order valence-electron chi connectivity index (χ1n) is 8.74. The van der Waals surface area contributed by atoms with Crippen molar-refractivity contribution in [1.82, 2.24) is 4.90 Å². The van der Waals surface area contributed by atoms with Gasteiger partial charge in [0.1, 0.15) is 0 Å². The van der Waals surface area contributed by atoms with Crippen molar-refractivity contribution >= 4 is 35.1 Å². The van der Waals surface area contributed by atoms with Crippen LogP contribution in [0.25, 0.3) is 0 Å². The number of guanidine groups is 1. The number of hydrogen-bond acceptors (Lipinski definition) is 3. The average Bonchev–Trinajstić information content (AvgIpc) is 2.98. The third kappa shape index (κ3) is 3.05. The van der Waals surface area contributed by atoms with Crippen LogP contribution >= 0.6 is 23.2 Å². The molecule has 0 saturated carbocycles. The first-order valence-corrected chi connectivity index (χ1v) is 9.50. The van der Waals surface area contributed by atoms with Crippen LogP contribution in [-0.2, 0) is 16.9 Å². The van der Waals surface area contributed by atoms with Gasteiger partial charge in [0.05, 0.1) is 16.6 Å². The van der Waals surface area contributed by atoms with E-state index < -0.39 is 5.54 Å². The molecule has 1 heterocycles. The molecule has 140 valence electrons. The van der Waals surface area contributed by atoms with Gasteiger partial charge in [-0.15, -0.1) is 0 Å². The van der Waals surface area contributed by atoms with Gasteiger partial charge in [0.2, 0.25) is 0 Å². The summed E-state index contributed by atoms with van der Waals surface area (Å²) in [4.78, 5) is 19.8. The van der Waals surface area contributed by atoms with E-state index in [1.807, 2.05) is 66.7 Å². The summed E-state index contributed by atoms with van der Waals surface area (Å²) < 4.78 is 0. The van der Waals surface area contributed by atoms with E-state index in [-0.39, 0.29) is 18.4 Å². The van der Waals surface area contributed by atoms with Gasteiger partial charge in [0, 0.05) is 0 Å². The van der Waals surface area contributed by atoms with Gasteiger partial charge >= 0.3 is 0 Å². The van der Waals surface area contributed by atoms with Crippen molar-refractivity contribution in [3.63, 3.8) is 0 Å². The Labute approximate surface area is 173 Å². The van der Waals surface area contributed by atoms with Crippen LogP contribution < -0.4 is 5.73 Å². The van der Waals surface area contributed by atoms with E-state index in [4.69, 9.17) is 28.9 Å². The third-order valence-electron chi connectivity index (χ3n) is 4.82. The number of aliphatic imine (C=N–C) groups is 1. The molecule has 0 aromatic heterocycles. The summed E-state index contributed by atoms with van der Waals surface area (Å²) in [6.07, 6.45) is 0. The zero-order valence-corrected chi connectivity index (χ0v) is 16.4. The second kappa shape index (κ2) is 7.30. The van der Waals surface area contributed by atoms with Crippen LogP contribution in [0.1, 0.15) is 16.7 Å². The molecule has 4 rings (SSSR count). The summed E-state index contributed by atoms with van der Waals surface area (Å²) >= 11 is 12.1. The van der Waals surface area contributed by atoms with Crippen LogP contribution in [-0.4, -0.2) is 16.8 Å². The van der Waals surface area contributed by atoms with Crippen LogP contribution in [0.2, 0.25) is 10.0 Å². The number of benzene rings is 3. The summed E-state index contributed by atoms with van der Waals surface area (Å²) in [5.41, 5.74) is 7.38. The molecule has 0 fully saturated rings. The van der Waals surface area contributed by atoms with Gasteiger partial charge in [-0.2, -0.15) is 0 Å². The van der Waals surface area contributed by atoms with Crippen LogP contribution in [0.15, 0.2) is 83.9 Å².